The molecule has 1 aliphatic rings. The first-order chi connectivity index (χ1) is 8.65. The molecule has 0 saturated carbocycles. The summed E-state index contributed by atoms with van der Waals surface area (Å²) in [7, 11) is 5.33. The van der Waals surface area contributed by atoms with Crippen LogP contribution in [-0.2, 0) is 14.3 Å². The molecule has 5 nitrogen and oxygen atoms in total. The highest BCUT2D eigenvalue weighted by molar-refractivity contribution is 5.78. The molecule has 0 aromatic carbocycles. The number of amides is 1. The number of piperidine rings is 1. The molecule has 1 atom stereocenters. The monoisotopic (exact) mass is 258 g/mol. The Hall–Kier alpha value is -0.650. The van der Waals surface area contributed by atoms with Crippen molar-refractivity contribution in [3.8, 4) is 0 Å². The van der Waals surface area contributed by atoms with Crippen molar-refractivity contribution in [2.45, 2.75) is 12.8 Å². The van der Waals surface area contributed by atoms with E-state index in [2.05, 4.69) is 4.90 Å². The molecule has 1 unspecified atom stereocenters. The average molecular weight is 258 g/mol. The lowest BCUT2D eigenvalue weighted by Gasteiger charge is -2.33. The van der Waals surface area contributed by atoms with Crippen molar-refractivity contribution in [2.75, 3.05) is 60.7 Å². The molecule has 18 heavy (non-hydrogen) atoms. The molecule has 0 aromatic rings. The fourth-order valence-corrected chi connectivity index (χ4v) is 2.26. The van der Waals surface area contributed by atoms with E-state index in [9.17, 15) is 4.79 Å². The summed E-state index contributed by atoms with van der Waals surface area (Å²) >= 11 is 0. The van der Waals surface area contributed by atoms with Gasteiger partial charge in [-0.2, -0.15) is 0 Å². The van der Waals surface area contributed by atoms with Gasteiger partial charge in [0.05, 0.1) is 25.7 Å². The standard InChI is InChI=1S/C13H26N2O3/c1-14(2)13(16)12-5-4-6-15(11-12)7-8-18-10-9-17-3/h12H,4-11H2,1-3H3. The van der Waals surface area contributed by atoms with Gasteiger partial charge in [0, 0.05) is 34.3 Å². The first-order valence-electron chi connectivity index (χ1n) is 6.65. The zero-order valence-electron chi connectivity index (χ0n) is 11.9. The van der Waals surface area contributed by atoms with Crippen LogP contribution >= 0.6 is 0 Å². The summed E-state index contributed by atoms with van der Waals surface area (Å²) in [5.74, 6) is 0.410. The van der Waals surface area contributed by atoms with Crippen LogP contribution in [0.25, 0.3) is 0 Å². The number of ether oxygens (including phenoxy) is 2. The number of carbonyl (C=O) groups is 1. The molecule has 1 amide bonds. The van der Waals surface area contributed by atoms with Gasteiger partial charge >= 0.3 is 0 Å². The minimum absolute atomic E-state index is 0.160. The van der Waals surface area contributed by atoms with Crippen LogP contribution in [0.4, 0.5) is 0 Å². The normalized spacial score (nSPS) is 20.9. The van der Waals surface area contributed by atoms with E-state index in [1.54, 1.807) is 12.0 Å². The summed E-state index contributed by atoms with van der Waals surface area (Å²) in [6.45, 7) is 4.84. The number of methoxy groups -OCH3 is 1. The van der Waals surface area contributed by atoms with Gasteiger partial charge in [-0.1, -0.05) is 0 Å². The SMILES string of the molecule is COCCOCCN1CCCC(C(=O)N(C)C)C1. The Morgan fingerprint density at radius 1 is 1.33 bits per heavy atom. The lowest BCUT2D eigenvalue weighted by atomic mass is 9.97. The predicted octanol–water partition coefficient (Wildman–Crippen LogP) is 0.450. The molecule has 0 bridgehead atoms. The van der Waals surface area contributed by atoms with Crippen molar-refractivity contribution in [3.05, 3.63) is 0 Å². The lowest BCUT2D eigenvalue weighted by Crippen LogP contribution is -2.43. The molecule has 0 spiro atoms. The van der Waals surface area contributed by atoms with E-state index in [1.165, 1.54) is 0 Å². The second-order valence-electron chi connectivity index (χ2n) is 4.98. The van der Waals surface area contributed by atoms with Crippen LogP contribution in [-0.4, -0.2) is 76.4 Å². The maximum atomic E-state index is 11.9. The minimum Gasteiger partial charge on any atom is -0.382 e. The second kappa shape index (κ2) is 8.45. The molecule has 1 saturated heterocycles. The molecule has 0 aromatic heterocycles. The van der Waals surface area contributed by atoms with Crippen LogP contribution in [0.2, 0.25) is 0 Å². The zero-order chi connectivity index (χ0) is 13.4. The van der Waals surface area contributed by atoms with E-state index in [0.717, 1.165) is 32.5 Å². The van der Waals surface area contributed by atoms with Crippen molar-refractivity contribution in [1.82, 2.24) is 9.80 Å². The Labute approximate surface area is 110 Å². The smallest absolute Gasteiger partial charge is 0.226 e. The highest BCUT2D eigenvalue weighted by Crippen LogP contribution is 2.17. The van der Waals surface area contributed by atoms with Crippen molar-refractivity contribution < 1.29 is 14.3 Å². The van der Waals surface area contributed by atoms with E-state index in [4.69, 9.17) is 9.47 Å². The highest BCUT2D eigenvalue weighted by atomic mass is 16.5. The number of carbonyl (C=O) groups excluding carboxylic acids is 1. The highest BCUT2D eigenvalue weighted by Gasteiger charge is 2.26. The summed E-state index contributed by atoms with van der Waals surface area (Å²) in [5.41, 5.74) is 0. The largest absolute Gasteiger partial charge is 0.382 e. The quantitative estimate of drug-likeness (QED) is 0.622. The van der Waals surface area contributed by atoms with E-state index in [-0.39, 0.29) is 11.8 Å². The van der Waals surface area contributed by atoms with E-state index >= 15 is 0 Å². The molecule has 1 heterocycles. The van der Waals surface area contributed by atoms with E-state index in [0.29, 0.717) is 19.8 Å². The summed E-state index contributed by atoms with van der Waals surface area (Å²) in [6.07, 6.45) is 2.11. The van der Waals surface area contributed by atoms with Gasteiger partial charge in [0.1, 0.15) is 0 Å². The van der Waals surface area contributed by atoms with E-state index < -0.39 is 0 Å². The van der Waals surface area contributed by atoms with Gasteiger partial charge in [-0.15, -0.1) is 0 Å². The summed E-state index contributed by atoms with van der Waals surface area (Å²) < 4.78 is 10.4. The molecular weight excluding hydrogens is 232 g/mol. The lowest BCUT2D eigenvalue weighted by molar-refractivity contribution is -0.134. The van der Waals surface area contributed by atoms with Crippen molar-refractivity contribution in [2.24, 2.45) is 5.92 Å². The van der Waals surface area contributed by atoms with Gasteiger partial charge in [-0.3, -0.25) is 4.79 Å². The Morgan fingerprint density at radius 3 is 2.78 bits per heavy atom. The Kier molecular flexibility index (Phi) is 7.23. The minimum atomic E-state index is 0.160. The van der Waals surface area contributed by atoms with Crippen molar-refractivity contribution in [3.63, 3.8) is 0 Å². The summed E-state index contributed by atoms with van der Waals surface area (Å²) in [6, 6.07) is 0. The van der Waals surface area contributed by atoms with E-state index in [1.807, 2.05) is 14.1 Å². The zero-order valence-corrected chi connectivity index (χ0v) is 11.9. The van der Waals surface area contributed by atoms with Gasteiger partial charge in [0.15, 0.2) is 0 Å². The molecule has 0 N–H and O–H groups in total. The van der Waals surface area contributed by atoms with Gasteiger partial charge in [-0.05, 0) is 19.4 Å². The molecule has 1 rings (SSSR count). The molecular formula is C13H26N2O3. The van der Waals surface area contributed by atoms with Crippen LogP contribution < -0.4 is 0 Å². The number of nitrogens with zero attached hydrogens (tertiary/aromatic N) is 2. The van der Waals surface area contributed by atoms with Crippen LogP contribution in [0.5, 0.6) is 0 Å². The van der Waals surface area contributed by atoms with Crippen LogP contribution in [0.15, 0.2) is 0 Å². The Bertz CT molecular complexity index is 246. The third-order valence-electron chi connectivity index (χ3n) is 3.28. The molecule has 0 aliphatic carbocycles. The topological polar surface area (TPSA) is 42.0 Å². The second-order valence-corrected chi connectivity index (χ2v) is 4.98. The van der Waals surface area contributed by atoms with Crippen LogP contribution in [0.3, 0.4) is 0 Å². The van der Waals surface area contributed by atoms with Crippen LogP contribution in [0, 0.1) is 5.92 Å². The number of hydrogen-bond acceptors (Lipinski definition) is 4. The van der Waals surface area contributed by atoms with Gasteiger partial charge < -0.3 is 19.3 Å². The van der Waals surface area contributed by atoms with Gasteiger partial charge in [0.2, 0.25) is 5.91 Å². The van der Waals surface area contributed by atoms with Gasteiger partial charge in [0.25, 0.3) is 0 Å². The molecule has 0 radical (unpaired) electrons. The fraction of sp³-hybridized carbons (Fsp3) is 0.923. The first-order valence-corrected chi connectivity index (χ1v) is 6.65. The molecule has 1 fully saturated rings. The van der Waals surface area contributed by atoms with Gasteiger partial charge in [-0.25, -0.2) is 0 Å². The Morgan fingerprint density at radius 2 is 2.11 bits per heavy atom. The first kappa shape index (κ1) is 15.4. The molecule has 106 valence electrons. The predicted molar refractivity (Wildman–Crippen MR) is 70.6 cm³/mol. The summed E-state index contributed by atoms with van der Waals surface area (Å²) in [4.78, 5) is 15.9. The third-order valence-corrected chi connectivity index (χ3v) is 3.28. The number of likely N-dealkylation sites (tertiary alicyclic amines) is 1. The molecule has 1 aliphatic heterocycles. The summed E-state index contributed by atoms with van der Waals surface area (Å²) in [5, 5.41) is 0. The Balaban J connectivity index is 2.20. The third kappa shape index (κ3) is 5.33. The fourth-order valence-electron chi connectivity index (χ4n) is 2.26. The number of hydrogen-bond donors (Lipinski definition) is 0. The maximum absolute atomic E-state index is 11.9. The van der Waals surface area contributed by atoms with Crippen molar-refractivity contribution >= 4 is 5.91 Å². The molecule has 5 heteroatoms. The van der Waals surface area contributed by atoms with Crippen molar-refractivity contribution in [1.29, 1.82) is 0 Å². The number of rotatable bonds is 7. The average Bonchev–Trinajstić information content (AvgIpc) is 2.38. The maximum Gasteiger partial charge on any atom is 0.226 e. The van der Waals surface area contributed by atoms with Crippen LogP contribution in [0.1, 0.15) is 12.8 Å².